The minimum Gasteiger partial charge on any atom is -0.349 e. The number of rotatable bonds is 5. The Balaban J connectivity index is 1.63. The van der Waals surface area contributed by atoms with Gasteiger partial charge in [0, 0.05) is 34.1 Å². The Hall–Kier alpha value is -1.93. The largest absolute Gasteiger partial charge is 0.349 e. The highest BCUT2D eigenvalue weighted by Gasteiger charge is 2.61. The number of hydrogen-bond acceptors (Lipinski definition) is 6. The molecule has 2 aliphatic rings. The summed E-state index contributed by atoms with van der Waals surface area (Å²) in [6.45, 7) is 8.79. The van der Waals surface area contributed by atoms with Gasteiger partial charge in [0.25, 0.3) is 11.6 Å². The van der Waals surface area contributed by atoms with Gasteiger partial charge in [-0.05, 0) is 49.0 Å². The average Bonchev–Trinajstić information content (AvgIpc) is 3.22. The summed E-state index contributed by atoms with van der Waals surface area (Å²) in [5.74, 6) is 0.370. The molecule has 6 nitrogen and oxygen atoms in total. The smallest absolute Gasteiger partial charge is 0.270 e. The molecule has 0 saturated heterocycles. The van der Waals surface area contributed by atoms with Gasteiger partial charge in [-0.1, -0.05) is 32.5 Å². The fraction of sp³-hybridized carbons (Fsp3) is 0.524. The lowest BCUT2D eigenvalue weighted by Crippen LogP contribution is -2.47. The number of nitrogens with one attached hydrogen (secondary N) is 1. The Morgan fingerprint density at radius 2 is 2.14 bits per heavy atom. The van der Waals surface area contributed by atoms with Gasteiger partial charge in [-0.25, -0.2) is 4.98 Å². The Morgan fingerprint density at radius 1 is 1.38 bits per heavy atom. The van der Waals surface area contributed by atoms with Gasteiger partial charge in [0.2, 0.25) is 0 Å². The lowest BCUT2D eigenvalue weighted by atomic mass is 9.69. The standard InChI is InChI=1S/C21H25N3O3S2/c1-12-11-28-19(22-12)29-16-6-5-14(24(26)27)10-15(16)18(25)23-17-9-13-7-8-21(17,4)20(13,2)3/h5-6,10-11,13,17H,7-9H2,1-4H3,(H,23,25)/t13-,17+,21-/m1/s1. The maximum absolute atomic E-state index is 13.3. The third-order valence-corrected chi connectivity index (χ3v) is 9.45. The summed E-state index contributed by atoms with van der Waals surface area (Å²) < 4.78 is 0.818. The molecule has 0 aliphatic heterocycles. The van der Waals surface area contributed by atoms with E-state index >= 15 is 0 Å². The van der Waals surface area contributed by atoms with Gasteiger partial charge < -0.3 is 5.32 Å². The lowest BCUT2D eigenvalue weighted by Gasteiger charge is -2.39. The number of non-ortho nitro benzene ring substituents is 1. The maximum Gasteiger partial charge on any atom is 0.270 e. The van der Waals surface area contributed by atoms with E-state index in [9.17, 15) is 14.9 Å². The van der Waals surface area contributed by atoms with Crippen LogP contribution >= 0.6 is 23.1 Å². The summed E-state index contributed by atoms with van der Waals surface area (Å²) in [5.41, 5.74) is 1.43. The van der Waals surface area contributed by atoms with Crippen molar-refractivity contribution < 1.29 is 9.72 Å². The van der Waals surface area contributed by atoms with Gasteiger partial charge >= 0.3 is 0 Å². The van der Waals surface area contributed by atoms with Gasteiger partial charge in [-0.15, -0.1) is 11.3 Å². The van der Waals surface area contributed by atoms with Crippen LogP contribution < -0.4 is 5.32 Å². The molecule has 2 bridgehead atoms. The second-order valence-corrected chi connectivity index (χ2v) is 11.1. The van der Waals surface area contributed by atoms with E-state index in [-0.39, 0.29) is 28.5 Å². The zero-order chi connectivity index (χ0) is 21.0. The normalized spacial score (nSPS) is 27.2. The molecular formula is C21H25N3O3S2. The molecule has 2 saturated carbocycles. The Kier molecular flexibility index (Phi) is 4.98. The first-order chi connectivity index (χ1) is 13.6. The molecule has 2 aromatic rings. The van der Waals surface area contributed by atoms with E-state index in [0.29, 0.717) is 16.4 Å². The first kappa shape index (κ1) is 20.3. The predicted molar refractivity (Wildman–Crippen MR) is 115 cm³/mol. The number of nitro groups is 1. The number of hydrogen-bond donors (Lipinski definition) is 1. The van der Waals surface area contributed by atoms with Gasteiger partial charge in [0.05, 0.1) is 10.5 Å². The fourth-order valence-corrected chi connectivity index (χ4v) is 6.93. The highest BCUT2D eigenvalue weighted by Crippen LogP contribution is 2.65. The van der Waals surface area contributed by atoms with Crippen molar-refractivity contribution in [2.75, 3.05) is 0 Å². The Labute approximate surface area is 178 Å². The number of amides is 1. The molecule has 1 aromatic carbocycles. The molecule has 2 fully saturated rings. The summed E-state index contributed by atoms with van der Waals surface area (Å²) in [4.78, 5) is 29.2. The van der Waals surface area contributed by atoms with E-state index in [1.165, 1.54) is 41.7 Å². The summed E-state index contributed by atoms with van der Waals surface area (Å²) in [6.07, 6.45) is 3.28. The Bertz CT molecular complexity index is 987. The number of aromatic nitrogens is 1. The molecule has 1 N–H and O–H groups in total. The van der Waals surface area contributed by atoms with Crippen LogP contribution in [0.3, 0.4) is 0 Å². The number of nitro benzene ring substituents is 1. The van der Waals surface area contributed by atoms with E-state index in [1.807, 2.05) is 12.3 Å². The van der Waals surface area contributed by atoms with Crippen LogP contribution in [0.1, 0.15) is 56.1 Å². The quantitative estimate of drug-likeness (QED) is 0.502. The second kappa shape index (κ2) is 7.09. The van der Waals surface area contributed by atoms with Crippen LogP contribution in [0.15, 0.2) is 32.8 Å². The molecular weight excluding hydrogens is 406 g/mol. The zero-order valence-electron chi connectivity index (χ0n) is 17.0. The molecule has 3 atom stereocenters. The Morgan fingerprint density at radius 3 is 2.69 bits per heavy atom. The van der Waals surface area contributed by atoms with Crippen LogP contribution in [0, 0.1) is 33.8 Å². The number of aryl methyl sites for hydroxylation is 1. The van der Waals surface area contributed by atoms with Crippen LogP contribution in [0.5, 0.6) is 0 Å². The van der Waals surface area contributed by atoms with Gasteiger partial charge in [-0.2, -0.15) is 0 Å². The molecule has 1 aromatic heterocycles. The summed E-state index contributed by atoms with van der Waals surface area (Å²) >= 11 is 2.88. The number of carbonyl (C=O) groups excluding carboxylic acids is 1. The zero-order valence-corrected chi connectivity index (χ0v) is 18.7. The number of carbonyl (C=O) groups is 1. The van der Waals surface area contributed by atoms with Crippen LogP contribution in [0.2, 0.25) is 0 Å². The van der Waals surface area contributed by atoms with Crippen molar-refractivity contribution in [3.63, 3.8) is 0 Å². The van der Waals surface area contributed by atoms with E-state index < -0.39 is 4.92 Å². The summed E-state index contributed by atoms with van der Waals surface area (Å²) in [5, 5.41) is 16.5. The van der Waals surface area contributed by atoms with Crippen molar-refractivity contribution in [3.05, 3.63) is 45.0 Å². The highest BCUT2D eigenvalue weighted by molar-refractivity contribution is 8.01. The molecule has 2 aliphatic carbocycles. The molecule has 154 valence electrons. The molecule has 0 spiro atoms. The molecule has 29 heavy (non-hydrogen) atoms. The van der Waals surface area contributed by atoms with Crippen LogP contribution in [-0.2, 0) is 0 Å². The molecule has 0 unspecified atom stereocenters. The SMILES string of the molecule is Cc1csc(Sc2ccc([N+](=O)[O-])cc2C(=O)N[C@H]2C[C@H]3CC[C@@]2(C)C3(C)C)n1. The van der Waals surface area contributed by atoms with Crippen LogP contribution in [0.4, 0.5) is 5.69 Å². The highest BCUT2D eigenvalue weighted by atomic mass is 32.2. The van der Waals surface area contributed by atoms with E-state index in [1.54, 1.807) is 6.07 Å². The third kappa shape index (κ3) is 3.36. The minimum atomic E-state index is -0.458. The molecule has 1 amide bonds. The topological polar surface area (TPSA) is 85.1 Å². The fourth-order valence-electron chi connectivity index (χ4n) is 5.03. The molecule has 8 heteroatoms. The number of nitrogens with zero attached hydrogens (tertiary/aromatic N) is 2. The van der Waals surface area contributed by atoms with Gasteiger partial charge in [-0.3, -0.25) is 14.9 Å². The van der Waals surface area contributed by atoms with E-state index in [0.717, 1.165) is 22.9 Å². The van der Waals surface area contributed by atoms with Crippen molar-refractivity contribution >= 4 is 34.7 Å². The van der Waals surface area contributed by atoms with Gasteiger partial charge in [0.15, 0.2) is 4.34 Å². The molecule has 4 rings (SSSR count). The van der Waals surface area contributed by atoms with E-state index in [4.69, 9.17) is 0 Å². The first-order valence-electron chi connectivity index (χ1n) is 9.81. The van der Waals surface area contributed by atoms with Crippen molar-refractivity contribution in [1.29, 1.82) is 0 Å². The van der Waals surface area contributed by atoms with Crippen molar-refractivity contribution in [2.24, 2.45) is 16.7 Å². The van der Waals surface area contributed by atoms with Crippen LogP contribution in [-0.4, -0.2) is 21.9 Å². The maximum atomic E-state index is 13.3. The van der Waals surface area contributed by atoms with Gasteiger partial charge in [0.1, 0.15) is 0 Å². The first-order valence-corrected chi connectivity index (χ1v) is 11.5. The van der Waals surface area contributed by atoms with Crippen molar-refractivity contribution in [3.8, 4) is 0 Å². The van der Waals surface area contributed by atoms with Crippen LogP contribution in [0.25, 0.3) is 0 Å². The second-order valence-electron chi connectivity index (χ2n) is 8.93. The third-order valence-electron chi connectivity index (χ3n) is 7.31. The summed E-state index contributed by atoms with van der Waals surface area (Å²) in [6, 6.07) is 4.57. The number of benzene rings is 1. The monoisotopic (exact) mass is 431 g/mol. The van der Waals surface area contributed by atoms with E-state index in [2.05, 4.69) is 31.1 Å². The lowest BCUT2D eigenvalue weighted by molar-refractivity contribution is -0.384. The number of fused-ring (bicyclic) bond motifs is 2. The van der Waals surface area contributed by atoms with Crippen molar-refractivity contribution in [1.82, 2.24) is 10.3 Å². The number of thiazole rings is 1. The molecule has 0 radical (unpaired) electrons. The molecule has 1 heterocycles. The average molecular weight is 432 g/mol. The minimum absolute atomic E-state index is 0.0494. The summed E-state index contributed by atoms with van der Waals surface area (Å²) in [7, 11) is 0. The van der Waals surface area contributed by atoms with Crippen molar-refractivity contribution in [2.45, 2.75) is 62.2 Å². The predicted octanol–water partition coefficient (Wildman–Crippen LogP) is 5.46.